The van der Waals surface area contributed by atoms with E-state index in [-0.39, 0.29) is 18.2 Å². The Morgan fingerprint density at radius 3 is 2.35 bits per heavy atom. The Kier molecular flexibility index (Phi) is 3.94. The van der Waals surface area contributed by atoms with Gasteiger partial charge in [0, 0.05) is 7.11 Å². The molecule has 0 amide bonds. The Labute approximate surface area is 101 Å². The molecule has 1 aliphatic carbocycles. The fraction of sp³-hybridized carbons (Fsp3) is 0.357. The predicted molar refractivity (Wildman–Crippen MR) is 64.8 cm³/mol. The Hall–Kier alpha value is -1.61. The minimum Gasteiger partial charge on any atom is -0.455 e. The van der Waals surface area contributed by atoms with Crippen molar-refractivity contribution < 1.29 is 14.3 Å². The van der Waals surface area contributed by atoms with Crippen molar-refractivity contribution in [1.29, 1.82) is 0 Å². The molecule has 0 bridgehead atoms. The van der Waals surface area contributed by atoms with Gasteiger partial charge in [-0.1, -0.05) is 24.3 Å². The van der Waals surface area contributed by atoms with Gasteiger partial charge in [0.15, 0.2) is 0 Å². The van der Waals surface area contributed by atoms with Crippen molar-refractivity contribution in [2.45, 2.75) is 25.0 Å². The summed E-state index contributed by atoms with van der Waals surface area (Å²) >= 11 is 0. The van der Waals surface area contributed by atoms with Gasteiger partial charge in [-0.05, 0) is 31.1 Å². The van der Waals surface area contributed by atoms with Crippen molar-refractivity contribution in [3.05, 3.63) is 48.0 Å². The fourth-order valence-corrected chi connectivity index (χ4v) is 1.84. The molecule has 1 aromatic rings. The normalized spacial score (nSPS) is 23.4. The number of hydrogen-bond acceptors (Lipinski definition) is 3. The largest absolute Gasteiger partial charge is 0.455 e. The molecule has 1 aliphatic rings. The van der Waals surface area contributed by atoms with E-state index in [0.29, 0.717) is 5.56 Å². The molecule has 0 aromatic heterocycles. The zero-order valence-corrected chi connectivity index (χ0v) is 9.84. The number of benzene rings is 1. The molecule has 0 spiro atoms. The quantitative estimate of drug-likeness (QED) is 0.593. The molecule has 0 saturated carbocycles. The molecule has 3 nitrogen and oxygen atoms in total. The second-order valence-corrected chi connectivity index (χ2v) is 4.05. The smallest absolute Gasteiger partial charge is 0.338 e. The summed E-state index contributed by atoms with van der Waals surface area (Å²) < 4.78 is 10.6. The van der Waals surface area contributed by atoms with Crippen LogP contribution in [0, 0.1) is 0 Å². The first-order chi connectivity index (χ1) is 8.29. The summed E-state index contributed by atoms with van der Waals surface area (Å²) in [6.07, 6.45) is 5.58. The molecule has 90 valence electrons. The molecular formula is C14H16O3. The maximum absolute atomic E-state index is 11.8. The van der Waals surface area contributed by atoms with E-state index in [9.17, 15) is 4.79 Å². The van der Waals surface area contributed by atoms with Crippen LogP contribution in [0.25, 0.3) is 0 Å². The zero-order valence-electron chi connectivity index (χ0n) is 9.84. The molecule has 0 radical (unpaired) electrons. The minimum atomic E-state index is -0.267. The number of carbonyl (C=O) groups excluding carboxylic acids is 1. The van der Waals surface area contributed by atoms with Gasteiger partial charge in [-0.3, -0.25) is 0 Å². The second-order valence-electron chi connectivity index (χ2n) is 4.05. The third-order valence-electron chi connectivity index (χ3n) is 2.85. The van der Waals surface area contributed by atoms with Crippen molar-refractivity contribution >= 4 is 5.97 Å². The molecule has 0 heterocycles. The van der Waals surface area contributed by atoms with E-state index in [2.05, 4.69) is 0 Å². The second kappa shape index (κ2) is 5.64. The molecule has 0 aliphatic heterocycles. The van der Waals surface area contributed by atoms with Crippen LogP contribution in [-0.2, 0) is 9.47 Å². The van der Waals surface area contributed by atoms with Crippen LogP contribution in [0.1, 0.15) is 23.2 Å². The third kappa shape index (κ3) is 3.17. The summed E-state index contributed by atoms with van der Waals surface area (Å²) in [5.41, 5.74) is 0.592. The topological polar surface area (TPSA) is 35.5 Å². The van der Waals surface area contributed by atoms with Gasteiger partial charge >= 0.3 is 5.97 Å². The van der Waals surface area contributed by atoms with Gasteiger partial charge in [0.2, 0.25) is 0 Å². The number of hydrogen-bond donors (Lipinski definition) is 0. The maximum atomic E-state index is 11.8. The van der Waals surface area contributed by atoms with Crippen LogP contribution in [-0.4, -0.2) is 25.3 Å². The molecule has 1 aromatic carbocycles. The van der Waals surface area contributed by atoms with E-state index >= 15 is 0 Å². The van der Waals surface area contributed by atoms with Crippen LogP contribution < -0.4 is 0 Å². The van der Waals surface area contributed by atoms with E-state index < -0.39 is 0 Å². The van der Waals surface area contributed by atoms with Gasteiger partial charge < -0.3 is 9.47 Å². The molecule has 17 heavy (non-hydrogen) atoms. The van der Waals surface area contributed by atoms with Gasteiger partial charge in [-0.15, -0.1) is 0 Å². The van der Waals surface area contributed by atoms with Crippen molar-refractivity contribution in [1.82, 2.24) is 0 Å². The van der Waals surface area contributed by atoms with Crippen LogP contribution in [0.4, 0.5) is 0 Å². The summed E-state index contributed by atoms with van der Waals surface area (Å²) in [5, 5.41) is 0. The van der Waals surface area contributed by atoms with Crippen LogP contribution in [0.15, 0.2) is 42.5 Å². The van der Waals surface area contributed by atoms with Crippen LogP contribution in [0.5, 0.6) is 0 Å². The number of ether oxygens (including phenoxy) is 2. The lowest BCUT2D eigenvalue weighted by molar-refractivity contribution is 0.0310. The van der Waals surface area contributed by atoms with E-state index in [0.717, 1.165) is 12.8 Å². The monoisotopic (exact) mass is 232 g/mol. The van der Waals surface area contributed by atoms with Gasteiger partial charge in [-0.2, -0.15) is 0 Å². The fourth-order valence-electron chi connectivity index (χ4n) is 1.84. The van der Waals surface area contributed by atoms with E-state index in [4.69, 9.17) is 9.47 Å². The lowest BCUT2D eigenvalue weighted by Gasteiger charge is -2.21. The van der Waals surface area contributed by atoms with Gasteiger partial charge in [0.1, 0.15) is 6.10 Å². The predicted octanol–water partition coefficient (Wildman–Crippen LogP) is 2.58. The Morgan fingerprint density at radius 1 is 1.12 bits per heavy atom. The van der Waals surface area contributed by atoms with Crippen LogP contribution in [0.3, 0.4) is 0 Å². The van der Waals surface area contributed by atoms with Gasteiger partial charge in [-0.25, -0.2) is 4.79 Å². The van der Waals surface area contributed by atoms with E-state index in [1.54, 1.807) is 19.2 Å². The first kappa shape index (κ1) is 11.9. The van der Waals surface area contributed by atoms with Crippen molar-refractivity contribution in [3.63, 3.8) is 0 Å². The van der Waals surface area contributed by atoms with Crippen LogP contribution in [0.2, 0.25) is 0 Å². The molecule has 0 unspecified atom stereocenters. The molecule has 0 saturated heterocycles. The lowest BCUT2D eigenvalue weighted by Crippen LogP contribution is -2.23. The standard InChI is InChI=1S/C14H16O3/c1-16-12-7-9-13(10-8-12)17-14(15)11-5-3-2-4-6-11/h2-7,9,12-13H,8,10H2,1H3/t12-,13-/m0/s1. The summed E-state index contributed by atoms with van der Waals surface area (Å²) in [6.45, 7) is 0. The van der Waals surface area contributed by atoms with Crippen molar-refractivity contribution in [2.75, 3.05) is 7.11 Å². The highest BCUT2D eigenvalue weighted by Gasteiger charge is 2.19. The van der Waals surface area contributed by atoms with E-state index in [1.165, 1.54) is 0 Å². The number of methoxy groups -OCH3 is 1. The summed E-state index contributed by atoms with van der Waals surface area (Å²) in [4.78, 5) is 11.8. The minimum absolute atomic E-state index is 0.130. The lowest BCUT2D eigenvalue weighted by atomic mass is 10.0. The third-order valence-corrected chi connectivity index (χ3v) is 2.85. The average Bonchev–Trinajstić information content (AvgIpc) is 2.40. The number of carbonyl (C=O) groups is 1. The Bertz CT molecular complexity index is 397. The molecule has 0 N–H and O–H groups in total. The van der Waals surface area contributed by atoms with Gasteiger partial charge in [0.05, 0.1) is 11.7 Å². The first-order valence-electron chi connectivity index (χ1n) is 5.77. The van der Waals surface area contributed by atoms with E-state index in [1.807, 2.05) is 30.4 Å². The maximum Gasteiger partial charge on any atom is 0.338 e. The van der Waals surface area contributed by atoms with Crippen molar-refractivity contribution in [3.8, 4) is 0 Å². The SMILES string of the molecule is CO[C@H]1C=C[C@H](OC(=O)c2ccccc2)CC1. The average molecular weight is 232 g/mol. The Morgan fingerprint density at radius 2 is 1.76 bits per heavy atom. The summed E-state index contributed by atoms with van der Waals surface area (Å²) in [7, 11) is 1.69. The highest BCUT2D eigenvalue weighted by molar-refractivity contribution is 5.89. The molecule has 2 rings (SSSR count). The zero-order chi connectivity index (χ0) is 12.1. The molecule has 3 heteroatoms. The summed E-state index contributed by atoms with van der Waals surface area (Å²) in [6, 6.07) is 9.04. The summed E-state index contributed by atoms with van der Waals surface area (Å²) in [5.74, 6) is -0.267. The first-order valence-corrected chi connectivity index (χ1v) is 5.77. The highest BCUT2D eigenvalue weighted by Crippen LogP contribution is 2.17. The van der Waals surface area contributed by atoms with Crippen molar-refractivity contribution in [2.24, 2.45) is 0 Å². The molecular weight excluding hydrogens is 216 g/mol. The molecule has 2 atom stereocenters. The number of esters is 1. The highest BCUT2D eigenvalue weighted by atomic mass is 16.5. The van der Waals surface area contributed by atoms with Crippen LogP contribution >= 0.6 is 0 Å². The van der Waals surface area contributed by atoms with Gasteiger partial charge in [0.25, 0.3) is 0 Å². The Balaban J connectivity index is 1.92. The number of rotatable bonds is 3. The molecule has 0 fully saturated rings.